The fourth-order valence-corrected chi connectivity index (χ4v) is 4.15. The van der Waals surface area contributed by atoms with E-state index < -0.39 is 0 Å². The molecule has 0 aliphatic carbocycles. The van der Waals surface area contributed by atoms with Gasteiger partial charge in [0.15, 0.2) is 5.96 Å². The zero-order valence-electron chi connectivity index (χ0n) is 16.0. The Morgan fingerprint density at radius 3 is 2.60 bits per heavy atom. The first-order valence-corrected chi connectivity index (χ1v) is 10.5. The lowest BCUT2D eigenvalue weighted by molar-refractivity contribution is 0.185. The first-order valence-electron chi connectivity index (χ1n) is 9.59. The molecule has 0 radical (unpaired) electrons. The number of hydrogen-bond acceptors (Lipinski definition) is 3. The van der Waals surface area contributed by atoms with Crippen molar-refractivity contribution >= 4 is 17.7 Å². The quantitative estimate of drug-likeness (QED) is 0.422. The molecule has 0 spiro atoms. The molecule has 1 aromatic carbocycles. The number of rotatable bonds is 8. The van der Waals surface area contributed by atoms with E-state index in [9.17, 15) is 0 Å². The lowest BCUT2D eigenvalue weighted by Crippen LogP contribution is -2.44. The number of likely N-dealkylation sites (tertiary alicyclic amines) is 1. The maximum Gasteiger partial charge on any atom is 0.191 e. The summed E-state index contributed by atoms with van der Waals surface area (Å²) in [6, 6.07) is 10.6. The Kier molecular flexibility index (Phi) is 9.19. The lowest BCUT2D eigenvalue weighted by atomic mass is 9.97. The van der Waals surface area contributed by atoms with Crippen molar-refractivity contribution in [2.45, 2.75) is 43.3 Å². The van der Waals surface area contributed by atoms with Gasteiger partial charge in [-0.15, -0.1) is 11.8 Å². The second-order valence-electron chi connectivity index (χ2n) is 6.86. The van der Waals surface area contributed by atoms with Gasteiger partial charge in [-0.2, -0.15) is 0 Å². The molecule has 1 aliphatic heterocycles. The van der Waals surface area contributed by atoms with E-state index in [4.69, 9.17) is 0 Å². The van der Waals surface area contributed by atoms with Crippen molar-refractivity contribution in [3.63, 3.8) is 0 Å². The van der Waals surface area contributed by atoms with Gasteiger partial charge in [-0.1, -0.05) is 32.0 Å². The summed E-state index contributed by atoms with van der Waals surface area (Å²) in [5, 5.41) is 7.48. The maximum absolute atomic E-state index is 4.37. The molecule has 1 heterocycles. The average Bonchev–Trinajstić information content (AvgIpc) is 2.64. The highest BCUT2D eigenvalue weighted by Gasteiger charge is 2.18. The predicted octanol–water partition coefficient (Wildman–Crippen LogP) is 3.45. The van der Waals surface area contributed by atoms with Crippen molar-refractivity contribution in [2.75, 3.05) is 39.8 Å². The van der Waals surface area contributed by atoms with E-state index in [-0.39, 0.29) is 0 Å². The maximum atomic E-state index is 4.37. The van der Waals surface area contributed by atoms with Gasteiger partial charge < -0.3 is 15.5 Å². The van der Waals surface area contributed by atoms with Crippen LogP contribution in [0.25, 0.3) is 0 Å². The molecule has 1 saturated heterocycles. The van der Waals surface area contributed by atoms with Crippen LogP contribution in [0.5, 0.6) is 0 Å². The normalized spacial score (nSPS) is 18.1. The molecule has 5 heteroatoms. The van der Waals surface area contributed by atoms with E-state index in [1.54, 1.807) is 0 Å². The molecule has 0 amide bonds. The number of hydrogen-bond donors (Lipinski definition) is 2. The standard InChI is InChI=1S/C20H34N4S/c1-4-12-24-13-10-18(11-14-24)16-23-20(21-3)22-15-17(2)25-19-8-6-5-7-9-19/h5-9,17-18H,4,10-16H2,1-3H3,(H2,21,22,23). The molecule has 25 heavy (non-hydrogen) atoms. The van der Waals surface area contributed by atoms with Crippen molar-refractivity contribution < 1.29 is 0 Å². The summed E-state index contributed by atoms with van der Waals surface area (Å²) in [5.74, 6) is 1.69. The fraction of sp³-hybridized carbons (Fsp3) is 0.650. The molecule has 1 fully saturated rings. The summed E-state index contributed by atoms with van der Waals surface area (Å²) in [7, 11) is 1.86. The van der Waals surface area contributed by atoms with Crippen LogP contribution in [0.15, 0.2) is 40.2 Å². The summed E-state index contributed by atoms with van der Waals surface area (Å²) in [5.41, 5.74) is 0. The molecule has 2 rings (SSSR count). The lowest BCUT2D eigenvalue weighted by Gasteiger charge is -2.32. The molecule has 0 saturated carbocycles. The van der Waals surface area contributed by atoms with Gasteiger partial charge in [-0.25, -0.2) is 0 Å². The van der Waals surface area contributed by atoms with E-state index in [2.05, 4.69) is 64.7 Å². The average molecular weight is 363 g/mol. The number of nitrogens with one attached hydrogen (secondary N) is 2. The molecule has 4 nitrogen and oxygen atoms in total. The largest absolute Gasteiger partial charge is 0.356 e. The van der Waals surface area contributed by atoms with Crippen LogP contribution >= 0.6 is 11.8 Å². The van der Waals surface area contributed by atoms with Crippen LogP contribution < -0.4 is 10.6 Å². The molecular weight excluding hydrogens is 328 g/mol. The van der Waals surface area contributed by atoms with Crippen LogP contribution in [0, 0.1) is 5.92 Å². The Labute approximate surface area is 157 Å². The van der Waals surface area contributed by atoms with E-state index in [1.807, 2.05) is 18.8 Å². The predicted molar refractivity (Wildman–Crippen MR) is 111 cm³/mol. The monoisotopic (exact) mass is 362 g/mol. The number of thioether (sulfide) groups is 1. The van der Waals surface area contributed by atoms with E-state index in [0.717, 1.165) is 25.0 Å². The zero-order chi connectivity index (χ0) is 17.9. The van der Waals surface area contributed by atoms with Gasteiger partial charge in [-0.3, -0.25) is 4.99 Å². The highest BCUT2D eigenvalue weighted by molar-refractivity contribution is 8.00. The van der Waals surface area contributed by atoms with Crippen LogP contribution in [0.4, 0.5) is 0 Å². The van der Waals surface area contributed by atoms with Crippen molar-refractivity contribution in [3.8, 4) is 0 Å². The van der Waals surface area contributed by atoms with Gasteiger partial charge in [0.1, 0.15) is 0 Å². The molecule has 1 unspecified atom stereocenters. The van der Waals surface area contributed by atoms with Crippen molar-refractivity contribution in [2.24, 2.45) is 10.9 Å². The first kappa shape index (κ1) is 20.1. The highest BCUT2D eigenvalue weighted by Crippen LogP contribution is 2.22. The summed E-state index contributed by atoms with van der Waals surface area (Å²) in [6.45, 7) is 10.2. The van der Waals surface area contributed by atoms with Crippen molar-refractivity contribution in [1.29, 1.82) is 0 Å². The molecular formula is C20H34N4S. The van der Waals surface area contributed by atoms with E-state index in [0.29, 0.717) is 5.25 Å². The summed E-state index contributed by atoms with van der Waals surface area (Å²) in [4.78, 5) is 8.28. The number of nitrogens with zero attached hydrogens (tertiary/aromatic N) is 2. The van der Waals surface area contributed by atoms with Crippen LogP contribution in [-0.4, -0.2) is 55.9 Å². The first-order chi connectivity index (χ1) is 12.2. The number of benzene rings is 1. The molecule has 1 atom stereocenters. The number of aliphatic imine (C=N–C) groups is 1. The fourth-order valence-electron chi connectivity index (χ4n) is 3.21. The van der Waals surface area contributed by atoms with Crippen molar-refractivity contribution in [3.05, 3.63) is 30.3 Å². The minimum atomic E-state index is 0.498. The minimum absolute atomic E-state index is 0.498. The Balaban J connectivity index is 1.64. The molecule has 0 aromatic heterocycles. The Morgan fingerprint density at radius 1 is 1.24 bits per heavy atom. The molecule has 140 valence electrons. The molecule has 2 N–H and O–H groups in total. The third-order valence-corrected chi connectivity index (χ3v) is 5.78. The highest BCUT2D eigenvalue weighted by atomic mass is 32.2. The minimum Gasteiger partial charge on any atom is -0.356 e. The van der Waals surface area contributed by atoms with Crippen LogP contribution in [-0.2, 0) is 0 Å². The third-order valence-electron chi connectivity index (χ3n) is 4.67. The van der Waals surface area contributed by atoms with Gasteiger partial charge in [0.2, 0.25) is 0 Å². The second-order valence-corrected chi connectivity index (χ2v) is 8.37. The van der Waals surface area contributed by atoms with E-state index >= 15 is 0 Å². The summed E-state index contributed by atoms with van der Waals surface area (Å²) < 4.78 is 0. The van der Waals surface area contributed by atoms with E-state index in [1.165, 1.54) is 43.8 Å². The van der Waals surface area contributed by atoms with Gasteiger partial charge >= 0.3 is 0 Å². The topological polar surface area (TPSA) is 39.7 Å². The molecule has 1 aromatic rings. The van der Waals surface area contributed by atoms with Gasteiger partial charge in [0, 0.05) is 30.3 Å². The van der Waals surface area contributed by atoms with Gasteiger partial charge in [0.25, 0.3) is 0 Å². The summed E-state index contributed by atoms with van der Waals surface area (Å²) in [6.07, 6.45) is 3.85. The van der Waals surface area contributed by atoms with Gasteiger partial charge in [-0.05, 0) is 56.9 Å². The second kappa shape index (κ2) is 11.4. The van der Waals surface area contributed by atoms with Crippen molar-refractivity contribution in [1.82, 2.24) is 15.5 Å². The van der Waals surface area contributed by atoms with Crippen LogP contribution in [0.1, 0.15) is 33.1 Å². The smallest absolute Gasteiger partial charge is 0.191 e. The third kappa shape index (κ3) is 7.70. The Bertz CT molecular complexity index is 498. The van der Waals surface area contributed by atoms with Crippen LogP contribution in [0.2, 0.25) is 0 Å². The van der Waals surface area contributed by atoms with Crippen LogP contribution in [0.3, 0.4) is 0 Å². The number of guanidine groups is 1. The SMILES string of the molecule is CCCN1CCC(CNC(=NC)NCC(C)Sc2ccccc2)CC1. The molecule has 0 bridgehead atoms. The Morgan fingerprint density at radius 2 is 1.96 bits per heavy atom. The number of piperidine rings is 1. The molecule has 1 aliphatic rings. The van der Waals surface area contributed by atoms with Gasteiger partial charge in [0.05, 0.1) is 0 Å². The Hall–Kier alpha value is -1.20. The summed E-state index contributed by atoms with van der Waals surface area (Å²) >= 11 is 1.90. The zero-order valence-corrected chi connectivity index (χ0v) is 16.8.